The molecule has 1 N–H and O–H groups in total. The lowest BCUT2D eigenvalue weighted by Gasteiger charge is -2.39. The number of furan rings is 1. The molecule has 0 amide bonds. The maximum absolute atomic E-state index is 14.1. The molecule has 3 atom stereocenters. The first-order valence-corrected chi connectivity index (χ1v) is 11.6. The molecule has 0 radical (unpaired) electrons. The first kappa shape index (κ1) is 23.5. The molecule has 0 saturated carbocycles. The van der Waals surface area contributed by atoms with E-state index in [-0.39, 0.29) is 19.0 Å². The van der Waals surface area contributed by atoms with Gasteiger partial charge in [0.2, 0.25) is 0 Å². The van der Waals surface area contributed by atoms with E-state index in [4.69, 9.17) is 13.9 Å². The Hall–Kier alpha value is -3.61. The number of allylic oxidation sites excluding steroid dienone is 3. The van der Waals surface area contributed by atoms with E-state index in [9.17, 15) is 14.4 Å². The molecule has 1 aliphatic carbocycles. The van der Waals surface area contributed by atoms with E-state index in [2.05, 4.69) is 5.32 Å². The Morgan fingerprint density at radius 1 is 1.06 bits per heavy atom. The molecule has 0 fully saturated rings. The third-order valence-electron chi connectivity index (χ3n) is 6.46. The number of ketones is 1. The lowest BCUT2D eigenvalue weighted by molar-refractivity contribution is -0.152. The quantitative estimate of drug-likeness (QED) is 0.504. The highest BCUT2D eigenvalue weighted by molar-refractivity contribution is 6.13. The molecule has 1 aliphatic heterocycles. The summed E-state index contributed by atoms with van der Waals surface area (Å²) in [6.07, 6.45) is 1.90. The van der Waals surface area contributed by atoms with E-state index in [1.807, 2.05) is 38.1 Å². The van der Waals surface area contributed by atoms with Crippen LogP contribution in [0.2, 0.25) is 0 Å². The molecule has 4 rings (SSSR count). The number of nitrogens with one attached hydrogen (secondary N) is 1. The number of esters is 2. The second-order valence-electron chi connectivity index (χ2n) is 8.49. The van der Waals surface area contributed by atoms with E-state index < -0.39 is 29.7 Å². The third kappa shape index (κ3) is 4.06. The number of dihydropyridines is 1. The molecule has 1 aromatic carbocycles. The largest absolute Gasteiger partial charge is 0.469 e. The van der Waals surface area contributed by atoms with Gasteiger partial charge >= 0.3 is 11.9 Å². The SMILES string of the molecule is CCOC(=O)C1=C(C)NC2=C(C(=O)[C@H](C(=O)OCC)[C@H](c3ccco3)C2)[C@H]1c1ccccc1C. The summed E-state index contributed by atoms with van der Waals surface area (Å²) in [4.78, 5) is 40.2. The molecule has 0 bridgehead atoms. The lowest BCUT2D eigenvalue weighted by Crippen LogP contribution is -2.43. The highest BCUT2D eigenvalue weighted by Crippen LogP contribution is 2.48. The van der Waals surface area contributed by atoms with Crippen molar-refractivity contribution in [2.24, 2.45) is 5.92 Å². The monoisotopic (exact) mass is 463 g/mol. The van der Waals surface area contributed by atoms with Crippen molar-refractivity contribution >= 4 is 17.7 Å². The first-order valence-electron chi connectivity index (χ1n) is 11.6. The number of hydrogen-bond acceptors (Lipinski definition) is 7. The second-order valence-corrected chi connectivity index (χ2v) is 8.49. The zero-order valence-electron chi connectivity index (χ0n) is 19.8. The van der Waals surface area contributed by atoms with Crippen molar-refractivity contribution in [2.75, 3.05) is 13.2 Å². The number of rotatable bonds is 6. The Balaban J connectivity index is 1.90. The van der Waals surface area contributed by atoms with Crippen molar-refractivity contribution in [1.29, 1.82) is 0 Å². The third-order valence-corrected chi connectivity index (χ3v) is 6.46. The molecule has 0 saturated heterocycles. The summed E-state index contributed by atoms with van der Waals surface area (Å²) in [5.74, 6) is -3.13. The number of benzene rings is 1. The average Bonchev–Trinajstić information content (AvgIpc) is 3.33. The van der Waals surface area contributed by atoms with Crippen LogP contribution < -0.4 is 5.32 Å². The van der Waals surface area contributed by atoms with Gasteiger partial charge in [0.25, 0.3) is 0 Å². The molecule has 34 heavy (non-hydrogen) atoms. The Kier molecular flexibility index (Phi) is 6.72. The molecule has 2 heterocycles. The van der Waals surface area contributed by atoms with Crippen LogP contribution in [-0.4, -0.2) is 30.9 Å². The zero-order chi connectivity index (χ0) is 24.4. The fraction of sp³-hybridized carbons (Fsp3) is 0.370. The van der Waals surface area contributed by atoms with Crippen LogP contribution in [0.25, 0.3) is 0 Å². The fourth-order valence-electron chi connectivity index (χ4n) is 5.01. The molecule has 1 aromatic heterocycles. The topological polar surface area (TPSA) is 94.8 Å². The Morgan fingerprint density at radius 2 is 1.79 bits per heavy atom. The molecular weight excluding hydrogens is 434 g/mol. The minimum atomic E-state index is -1.07. The minimum absolute atomic E-state index is 0.159. The highest BCUT2D eigenvalue weighted by atomic mass is 16.5. The van der Waals surface area contributed by atoms with Crippen LogP contribution in [0, 0.1) is 12.8 Å². The summed E-state index contributed by atoms with van der Waals surface area (Å²) in [5.41, 5.74) is 3.86. The Morgan fingerprint density at radius 3 is 2.44 bits per heavy atom. The van der Waals surface area contributed by atoms with Gasteiger partial charge in [-0.2, -0.15) is 0 Å². The van der Waals surface area contributed by atoms with Crippen LogP contribution in [0.5, 0.6) is 0 Å². The minimum Gasteiger partial charge on any atom is -0.469 e. The van der Waals surface area contributed by atoms with Crippen molar-refractivity contribution in [3.63, 3.8) is 0 Å². The van der Waals surface area contributed by atoms with E-state index in [0.29, 0.717) is 34.7 Å². The summed E-state index contributed by atoms with van der Waals surface area (Å²) >= 11 is 0. The summed E-state index contributed by atoms with van der Waals surface area (Å²) in [7, 11) is 0. The van der Waals surface area contributed by atoms with E-state index in [1.54, 1.807) is 26.0 Å². The van der Waals surface area contributed by atoms with Crippen LogP contribution >= 0.6 is 0 Å². The van der Waals surface area contributed by atoms with Crippen molar-refractivity contribution in [3.8, 4) is 0 Å². The van der Waals surface area contributed by atoms with Gasteiger partial charge in [-0.1, -0.05) is 24.3 Å². The molecule has 0 unspecified atom stereocenters. The van der Waals surface area contributed by atoms with Gasteiger partial charge in [0, 0.05) is 28.8 Å². The molecule has 0 spiro atoms. The van der Waals surface area contributed by atoms with Crippen molar-refractivity contribution < 1.29 is 28.3 Å². The maximum Gasteiger partial charge on any atom is 0.336 e. The van der Waals surface area contributed by atoms with Crippen molar-refractivity contribution in [3.05, 3.63) is 82.1 Å². The summed E-state index contributed by atoms with van der Waals surface area (Å²) in [5, 5.41) is 3.28. The Labute approximate surface area is 198 Å². The van der Waals surface area contributed by atoms with Gasteiger partial charge in [-0.15, -0.1) is 0 Å². The number of hydrogen-bond donors (Lipinski definition) is 1. The van der Waals surface area contributed by atoms with Gasteiger partial charge in [0.15, 0.2) is 5.78 Å². The van der Waals surface area contributed by atoms with Crippen LogP contribution in [-0.2, 0) is 23.9 Å². The standard InChI is InChI=1S/C27H29NO6/c1-5-32-26(30)21-16(4)28-19-14-18(20-12-9-13-34-20)23(27(31)33-6-2)25(29)24(19)22(21)17-11-8-7-10-15(17)3/h7-13,18,22-23,28H,5-6,14H2,1-4H3/t18-,22-,23+/m0/s1. The van der Waals surface area contributed by atoms with E-state index >= 15 is 0 Å². The molecule has 2 aromatic rings. The highest BCUT2D eigenvalue weighted by Gasteiger charge is 2.50. The molecule has 2 aliphatic rings. The molecule has 178 valence electrons. The average molecular weight is 464 g/mol. The van der Waals surface area contributed by atoms with Crippen LogP contribution in [0.1, 0.15) is 55.9 Å². The number of carbonyl (C=O) groups is 3. The van der Waals surface area contributed by atoms with Gasteiger partial charge in [0.05, 0.1) is 25.1 Å². The number of Topliss-reactive ketones (excluding diaryl/α,β-unsaturated/α-hetero) is 1. The number of ether oxygens (including phenoxy) is 2. The molecule has 7 nitrogen and oxygen atoms in total. The molecule has 7 heteroatoms. The fourth-order valence-corrected chi connectivity index (χ4v) is 5.01. The normalized spacial score (nSPS) is 22.2. The summed E-state index contributed by atoms with van der Waals surface area (Å²) < 4.78 is 16.3. The van der Waals surface area contributed by atoms with Gasteiger partial charge in [-0.3, -0.25) is 9.59 Å². The van der Waals surface area contributed by atoms with Gasteiger partial charge < -0.3 is 19.2 Å². The van der Waals surface area contributed by atoms with Crippen molar-refractivity contribution in [2.45, 2.75) is 46.0 Å². The molecular formula is C27H29NO6. The summed E-state index contributed by atoms with van der Waals surface area (Å²) in [6.45, 7) is 7.58. The van der Waals surface area contributed by atoms with E-state index in [1.165, 1.54) is 6.26 Å². The number of aryl methyl sites for hydroxylation is 1. The predicted molar refractivity (Wildman–Crippen MR) is 125 cm³/mol. The van der Waals surface area contributed by atoms with Gasteiger partial charge in [0.1, 0.15) is 11.7 Å². The smallest absolute Gasteiger partial charge is 0.336 e. The lowest BCUT2D eigenvalue weighted by atomic mass is 9.67. The van der Waals surface area contributed by atoms with E-state index in [0.717, 1.165) is 11.1 Å². The van der Waals surface area contributed by atoms with Gasteiger partial charge in [-0.25, -0.2) is 4.79 Å². The van der Waals surface area contributed by atoms with Crippen LogP contribution in [0.15, 0.2) is 69.6 Å². The van der Waals surface area contributed by atoms with Gasteiger partial charge in [-0.05, 0) is 57.4 Å². The first-order chi connectivity index (χ1) is 16.4. The van der Waals surface area contributed by atoms with Crippen LogP contribution in [0.4, 0.5) is 0 Å². The number of carbonyl (C=O) groups excluding carboxylic acids is 3. The summed E-state index contributed by atoms with van der Waals surface area (Å²) in [6, 6.07) is 11.1. The Bertz CT molecular complexity index is 1170. The maximum atomic E-state index is 14.1. The second kappa shape index (κ2) is 9.71. The van der Waals surface area contributed by atoms with Crippen LogP contribution in [0.3, 0.4) is 0 Å². The van der Waals surface area contributed by atoms with Crippen molar-refractivity contribution in [1.82, 2.24) is 5.32 Å². The predicted octanol–water partition coefficient (Wildman–Crippen LogP) is 4.30. The zero-order valence-corrected chi connectivity index (χ0v) is 19.8.